The topological polar surface area (TPSA) is 202 Å². The van der Waals surface area contributed by atoms with Gasteiger partial charge >= 0.3 is 6.01 Å². The third-order valence-electron chi connectivity index (χ3n) is 19.5. The summed E-state index contributed by atoms with van der Waals surface area (Å²) >= 11 is 1.59. The van der Waals surface area contributed by atoms with Crippen LogP contribution in [0.3, 0.4) is 0 Å². The molecule has 3 amide bonds. The van der Waals surface area contributed by atoms with Gasteiger partial charge in [0.25, 0.3) is 0 Å². The van der Waals surface area contributed by atoms with Gasteiger partial charge in [0.2, 0.25) is 17.7 Å². The normalized spacial score (nSPS) is 23.8. The number of carbonyl (C=O) groups is 3. The van der Waals surface area contributed by atoms with Crippen LogP contribution in [-0.2, 0) is 20.8 Å². The summed E-state index contributed by atoms with van der Waals surface area (Å²) in [6, 6.07) is 16.6. The van der Waals surface area contributed by atoms with Crippen molar-refractivity contribution >= 4 is 56.6 Å². The number of benzene rings is 3. The van der Waals surface area contributed by atoms with E-state index in [2.05, 4.69) is 42.6 Å². The maximum absolute atomic E-state index is 17.3. The van der Waals surface area contributed by atoms with Crippen LogP contribution in [0.1, 0.15) is 128 Å². The Kier molecular flexibility index (Phi) is 16.5. The molecule has 12 rings (SSSR count). The average Bonchev–Trinajstić information content (AvgIpc) is 1.50. The predicted octanol–water partition coefficient (Wildman–Crippen LogP) is 8.86. The molecule has 6 aromatic rings. The number of halogens is 1. The molecule has 0 radical (unpaired) electrons. The number of fused-ring (bicyclic) bond motifs is 4. The van der Waals surface area contributed by atoms with Crippen molar-refractivity contribution in [3.05, 3.63) is 88.9 Å². The number of aliphatic hydroxyl groups is 1. The molecule has 84 heavy (non-hydrogen) atoms. The van der Waals surface area contributed by atoms with Gasteiger partial charge in [-0.2, -0.15) is 9.97 Å². The Labute approximate surface area is 496 Å². The zero-order chi connectivity index (χ0) is 58.6. The van der Waals surface area contributed by atoms with Crippen molar-refractivity contribution in [1.82, 2.24) is 50.6 Å². The summed E-state index contributed by atoms with van der Waals surface area (Å²) in [7, 11) is 0. The van der Waals surface area contributed by atoms with Gasteiger partial charge in [-0.05, 0) is 155 Å². The van der Waals surface area contributed by atoms with Gasteiger partial charge in [-0.1, -0.05) is 70.2 Å². The molecule has 3 aromatic carbocycles. The van der Waals surface area contributed by atoms with Gasteiger partial charge in [0.1, 0.15) is 41.5 Å². The molecule has 7 atom stereocenters. The average molecular weight is 1160 g/mol. The number of phenols is 1. The van der Waals surface area contributed by atoms with Crippen LogP contribution in [0, 0.1) is 23.6 Å². The van der Waals surface area contributed by atoms with Crippen LogP contribution in [0.15, 0.2) is 66.3 Å². The van der Waals surface area contributed by atoms with Gasteiger partial charge in [-0.25, -0.2) is 9.37 Å². The van der Waals surface area contributed by atoms with Gasteiger partial charge in [0.15, 0.2) is 5.82 Å². The largest absolute Gasteiger partial charge is 0.508 e. The number of rotatable bonds is 15. The molecule has 1 spiro atoms. The fourth-order valence-corrected chi connectivity index (χ4v) is 15.6. The zero-order valence-corrected chi connectivity index (χ0v) is 50.3. The van der Waals surface area contributed by atoms with Crippen LogP contribution in [0.25, 0.3) is 43.4 Å². The molecule has 5 aliphatic heterocycles. The quantitative estimate of drug-likeness (QED) is 0.0653. The molecule has 1 saturated carbocycles. The fraction of sp³-hybridized carbons (Fsp3) is 0.554. The fourth-order valence-electron chi connectivity index (χ4n) is 14.8. The number of pyridine rings is 1. The summed E-state index contributed by atoms with van der Waals surface area (Å²) in [6.07, 6.45) is 12.3. The first-order valence-corrected chi connectivity index (χ1v) is 31.6. The Balaban J connectivity index is 0.657. The number of likely N-dealkylation sites (tertiary alicyclic amines) is 3. The minimum Gasteiger partial charge on any atom is -0.508 e. The van der Waals surface area contributed by atoms with E-state index in [9.17, 15) is 24.6 Å². The number of aliphatic hydroxyl groups excluding tert-OH is 1. The first kappa shape index (κ1) is 58.0. The van der Waals surface area contributed by atoms with E-state index in [1.54, 1.807) is 29.7 Å². The van der Waals surface area contributed by atoms with Crippen molar-refractivity contribution in [2.45, 2.75) is 167 Å². The number of phenolic OH excluding ortho intramolecular Hbond substituents is 1. The molecule has 19 heteroatoms. The number of aryl methyl sites for hydroxylation is 2. The minimum absolute atomic E-state index is 0.0143. The number of nitrogens with zero attached hydrogens (tertiary/aromatic N) is 8. The van der Waals surface area contributed by atoms with Crippen molar-refractivity contribution < 1.29 is 33.7 Å². The third-order valence-corrected chi connectivity index (χ3v) is 20.5. The number of amides is 3. The van der Waals surface area contributed by atoms with Crippen LogP contribution < -0.4 is 25.6 Å². The van der Waals surface area contributed by atoms with Crippen LogP contribution in [-0.4, -0.2) is 157 Å². The summed E-state index contributed by atoms with van der Waals surface area (Å²) in [5.74, 6) is -0.806. The molecule has 5 N–H and O–H groups in total. The molecule has 6 fully saturated rings. The number of hydrogen-bond donors (Lipinski definition) is 5. The Hall–Kier alpha value is -6.38. The zero-order valence-electron chi connectivity index (χ0n) is 49.5. The lowest BCUT2D eigenvalue weighted by atomic mass is 9.66. The maximum Gasteiger partial charge on any atom is 0.319 e. The van der Waals surface area contributed by atoms with E-state index in [-0.39, 0.29) is 77.7 Å². The van der Waals surface area contributed by atoms with Crippen LogP contribution in [0.4, 0.5) is 10.2 Å². The molecular weight excluding hydrogens is 1080 g/mol. The number of nitrogens with one attached hydrogen (secondary N) is 3. The number of aromatic nitrogens is 4. The number of thiazole rings is 1. The number of hydrogen-bond acceptors (Lipinski definition) is 15. The van der Waals surface area contributed by atoms with E-state index >= 15 is 4.39 Å². The lowest BCUT2D eigenvalue weighted by molar-refractivity contribution is -0.144. The third kappa shape index (κ3) is 11.8. The summed E-state index contributed by atoms with van der Waals surface area (Å²) in [5, 5.41) is 33.8. The van der Waals surface area contributed by atoms with Crippen LogP contribution >= 0.6 is 11.3 Å². The summed E-state index contributed by atoms with van der Waals surface area (Å²) in [5.41, 5.74) is 6.20. The number of piperidine rings is 1. The Morgan fingerprint density at radius 3 is 2.38 bits per heavy atom. The molecule has 446 valence electrons. The number of aromatic hydroxyl groups is 1. The Morgan fingerprint density at radius 1 is 0.929 bits per heavy atom. The summed E-state index contributed by atoms with van der Waals surface area (Å²) < 4.78 is 24.0. The van der Waals surface area contributed by atoms with Gasteiger partial charge in [0, 0.05) is 62.0 Å². The minimum atomic E-state index is -0.900. The predicted molar refractivity (Wildman–Crippen MR) is 325 cm³/mol. The summed E-state index contributed by atoms with van der Waals surface area (Å²) in [4.78, 5) is 71.0. The molecule has 3 aromatic heterocycles. The number of ether oxygens (including phenoxy) is 1. The molecule has 1 aliphatic carbocycles. The van der Waals surface area contributed by atoms with E-state index in [1.807, 2.05) is 82.6 Å². The number of β-amino-alcohol motifs (C(OH)–C–C–N with tert-alkyl or cyclic N) is 1. The lowest BCUT2D eigenvalue weighted by Crippen LogP contribution is -2.59. The number of anilines is 1. The first-order chi connectivity index (χ1) is 40.4. The van der Waals surface area contributed by atoms with Gasteiger partial charge in [-0.15, -0.1) is 11.3 Å². The highest BCUT2D eigenvalue weighted by Crippen LogP contribution is 2.47. The van der Waals surface area contributed by atoms with E-state index in [1.165, 1.54) is 4.90 Å². The molecule has 8 heterocycles. The Bertz CT molecular complexity index is 3400. The second-order valence-corrected chi connectivity index (χ2v) is 27.0. The summed E-state index contributed by atoms with van der Waals surface area (Å²) in [6.45, 7) is 16.4. The second-order valence-electron chi connectivity index (χ2n) is 26.2. The van der Waals surface area contributed by atoms with Gasteiger partial charge < -0.3 is 40.7 Å². The highest BCUT2D eigenvalue weighted by Gasteiger charge is 2.46. The molecular formula is C65H82FN11O6S. The standard InChI is InChI=1S/C65H82FN11O6S/c1-7-40-10-8-11-43-28-48(78)29-50(54(40)43)56-55(66)57-51(31-67-56)60(75-32-44-17-18-45(33-75)70-44)73-63(72-57)83-36-47-12-9-25-76(47)46-19-21-65(22-20-46)23-26-74(27-24-65)35-53(80)71-59(64(4,5)6)62(82)77-34-49(79)30-52(77)61(81)69-38(2)41-13-15-42(16-14-41)58-39(3)68-37-84-58/h8,10-11,13-16,28-29,31,37-38,44-47,49,52,59,70,78-79H,7,9,12,17-27,30,32-36H2,1-6H3,(H,69,81)(H,71,80). The number of carbonyl (C=O) groups excluding carboxylic acids is 3. The smallest absolute Gasteiger partial charge is 0.319 e. The van der Waals surface area contributed by atoms with Gasteiger partial charge in [-0.3, -0.25) is 29.2 Å². The highest BCUT2D eigenvalue weighted by molar-refractivity contribution is 7.13. The van der Waals surface area contributed by atoms with E-state index < -0.39 is 29.4 Å². The molecule has 6 aliphatic rings. The van der Waals surface area contributed by atoms with Crippen molar-refractivity contribution in [3.63, 3.8) is 0 Å². The Morgan fingerprint density at radius 2 is 1.68 bits per heavy atom. The monoisotopic (exact) mass is 1160 g/mol. The first-order valence-electron chi connectivity index (χ1n) is 30.7. The van der Waals surface area contributed by atoms with Crippen molar-refractivity contribution in [3.8, 4) is 33.5 Å². The SMILES string of the molecule is CCc1cccc2cc(O)cc(-c3ncc4c(N5CC6CCC(C5)N6)nc(OCC5CCCN5C5CCC6(CC5)CCN(CC(=O)NC(C(=O)N5CC(O)CC5C(=O)NC(C)c5ccc(-c7scnc7C)cc5)C(C)(C)C)CC6)nc4c3F)c12. The van der Waals surface area contributed by atoms with Gasteiger partial charge in [0.05, 0.1) is 40.2 Å². The molecule has 17 nitrogen and oxygen atoms in total. The maximum atomic E-state index is 17.3. The van der Waals surface area contributed by atoms with E-state index in [0.29, 0.717) is 41.5 Å². The van der Waals surface area contributed by atoms with Crippen LogP contribution in [0.2, 0.25) is 0 Å². The second kappa shape index (κ2) is 23.8. The molecule has 5 saturated heterocycles. The van der Waals surface area contributed by atoms with E-state index in [4.69, 9.17) is 19.7 Å². The van der Waals surface area contributed by atoms with Crippen molar-refractivity contribution in [2.24, 2.45) is 10.8 Å². The van der Waals surface area contributed by atoms with E-state index in [0.717, 1.165) is 141 Å². The molecule has 2 bridgehead atoms. The highest BCUT2D eigenvalue weighted by atomic mass is 32.1. The number of piperazine rings is 1. The van der Waals surface area contributed by atoms with Crippen LogP contribution in [0.5, 0.6) is 11.8 Å². The lowest BCUT2D eigenvalue weighted by Gasteiger charge is -2.48. The van der Waals surface area contributed by atoms with Crippen molar-refractivity contribution in [2.75, 3.05) is 57.3 Å². The van der Waals surface area contributed by atoms with Crippen molar-refractivity contribution in [1.29, 1.82) is 0 Å². The molecule has 7 unspecified atom stereocenters.